The van der Waals surface area contributed by atoms with Crippen molar-refractivity contribution >= 4 is 34.8 Å². The maximum Gasteiger partial charge on any atom is 0.170 e. The summed E-state index contributed by atoms with van der Waals surface area (Å²) in [6, 6.07) is 5.56. The van der Waals surface area contributed by atoms with Crippen molar-refractivity contribution in [1.29, 1.82) is 0 Å². The molecule has 0 spiro atoms. The van der Waals surface area contributed by atoms with E-state index in [2.05, 4.69) is 16.9 Å². The van der Waals surface area contributed by atoms with Crippen molar-refractivity contribution in [2.45, 2.75) is 6.42 Å². The molecule has 0 aliphatic rings. The van der Waals surface area contributed by atoms with Crippen LogP contribution in [-0.2, 0) is 0 Å². The molecule has 0 saturated heterocycles. The Morgan fingerprint density at radius 2 is 2.11 bits per heavy atom. The van der Waals surface area contributed by atoms with Gasteiger partial charge in [0.15, 0.2) is 5.11 Å². The molecule has 0 fully saturated rings. The molecule has 1 aromatic rings. The number of nitrogens with one attached hydrogen (secondary N) is 2. The number of thiocarbonyl (C=S) groups is 1. The fraction of sp³-hybridized carbons (Fsp3) is 0.462. The lowest BCUT2D eigenvalue weighted by Gasteiger charge is -2.14. The van der Waals surface area contributed by atoms with Crippen molar-refractivity contribution in [3.05, 3.63) is 18.2 Å². The van der Waals surface area contributed by atoms with Crippen LogP contribution in [0.3, 0.4) is 0 Å². The van der Waals surface area contributed by atoms with Gasteiger partial charge in [-0.2, -0.15) is 11.8 Å². The third-order valence-corrected chi connectivity index (χ3v) is 3.41. The molecule has 6 heteroatoms. The molecule has 0 aliphatic heterocycles. The molecule has 0 atom stereocenters. The molecular weight excluding hydrogens is 280 g/mol. The van der Waals surface area contributed by atoms with Gasteiger partial charge in [-0.25, -0.2) is 0 Å². The Morgan fingerprint density at radius 3 is 2.74 bits per heavy atom. The van der Waals surface area contributed by atoms with Gasteiger partial charge in [0.25, 0.3) is 0 Å². The molecule has 1 rings (SSSR count). The highest BCUT2D eigenvalue weighted by atomic mass is 32.2. The van der Waals surface area contributed by atoms with Gasteiger partial charge < -0.3 is 20.1 Å². The Labute approximate surface area is 124 Å². The molecule has 0 radical (unpaired) electrons. The Kier molecular flexibility index (Phi) is 7.43. The van der Waals surface area contributed by atoms with E-state index in [-0.39, 0.29) is 0 Å². The summed E-state index contributed by atoms with van der Waals surface area (Å²) < 4.78 is 10.4. The summed E-state index contributed by atoms with van der Waals surface area (Å²) in [4.78, 5) is 0. The highest BCUT2D eigenvalue weighted by Gasteiger charge is 2.06. The van der Waals surface area contributed by atoms with E-state index in [1.165, 1.54) is 0 Å². The lowest BCUT2D eigenvalue weighted by atomic mass is 10.2. The van der Waals surface area contributed by atoms with Crippen LogP contribution < -0.4 is 20.1 Å². The van der Waals surface area contributed by atoms with Crippen molar-refractivity contribution in [3.8, 4) is 11.5 Å². The van der Waals surface area contributed by atoms with Crippen LogP contribution in [-0.4, -0.2) is 37.9 Å². The largest absolute Gasteiger partial charge is 0.497 e. The van der Waals surface area contributed by atoms with Crippen LogP contribution in [0.25, 0.3) is 0 Å². The molecule has 0 bridgehead atoms. The summed E-state index contributed by atoms with van der Waals surface area (Å²) in [5.41, 5.74) is 0.825. The van der Waals surface area contributed by atoms with Crippen LogP contribution in [0.2, 0.25) is 0 Å². The van der Waals surface area contributed by atoms with Crippen LogP contribution >= 0.6 is 24.0 Å². The van der Waals surface area contributed by atoms with E-state index in [9.17, 15) is 0 Å². The highest BCUT2D eigenvalue weighted by Crippen LogP contribution is 2.28. The van der Waals surface area contributed by atoms with E-state index in [1.54, 1.807) is 14.2 Å². The molecule has 0 aliphatic carbocycles. The second kappa shape index (κ2) is 8.87. The zero-order valence-electron chi connectivity index (χ0n) is 11.5. The Balaban J connectivity index is 2.53. The third-order valence-electron chi connectivity index (χ3n) is 2.47. The number of rotatable bonds is 7. The highest BCUT2D eigenvalue weighted by molar-refractivity contribution is 7.98. The lowest BCUT2D eigenvalue weighted by Crippen LogP contribution is -2.29. The summed E-state index contributed by atoms with van der Waals surface area (Å²) in [7, 11) is 3.24. The van der Waals surface area contributed by atoms with Crippen molar-refractivity contribution < 1.29 is 9.47 Å². The second-order valence-corrected chi connectivity index (χ2v) is 5.19. The Morgan fingerprint density at radius 1 is 1.32 bits per heavy atom. The van der Waals surface area contributed by atoms with Crippen LogP contribution in [0.1, 0.15) is 6.42 Å². The summed E-state index contributed by atoms with van der Waals surface area (Å²) in [5, 5.41) is 6.89. The first-order valence-electron chi connectivity index (χ1n) is 5.97. The van der Waals surface area contributed by atoms with Crippen molar-refractivity contribution in [2.24, 2.45) is 0 Å². The SMILES string of the molecule is COc1ccc(NC(=S)NCCCSC)c(OC)c1. The zero-order valence-corrected chi connectivity index (χ0v) is 13.1. The Bertz CT molecular complexity index is 414. The van der Waals surface area contributed by atoms with Gasteiger partial charge in [-0.05, 0) is 42.8 Å². The molecule has 0 amide bonds. The molecule has 1 aromatic carbocycles. The van der Waals surface area contributed by atoms with E-state index in [0.29, 0.717) is 10.9 Å². The second-order valence-electron chi connectivity index (χ2n) is 3.79. The first-order valence-corrected chi connectivity index (χ1v) is 7.77. The monoisotopic (exact) mass is 300 g/mol. The molecule has 0 saturated carbocycles. The van der Waals surface area contributed by atoms with Gasteiger partial charge in [-0.15, -0.1) is 0 Å². The lowest BCUT2D eigenvalue weighted by molar-refractivity contribution is 0.395. The fourth-order valence-corrected chi connectivity index (χ4v) is 2.13. The minimum atomic E-state index is 0.601. The molecular formula is C13H20N2O2S2. The average Bonchev–Trinajstić information content (AvgIpc) is 2.44. The number of hydrogen-bond acceptors (Lipinski definition) is 4. The van der Waals surface area contributed by atoms with Crippen molar-refractivity contribution in [2.75, 3.05) is 38.1 Å². The van der Waals surface area contributed by atoms with Crippen LogP contribution in [0, 0.1) is 0 Å². The maximum absolute atomic E-state index is 5.30. The summed E-state index contributed by atoms with van der Waals surface area (Å²) >= 11 is 7.07. The van der Waals surface area contributed by atoms with E-state index in [0.717, 1.165) is 30.2 Å². The zero-order chi connectivity index (χ0) is 14.1. The normalized spacial score (nSPS) is 9.84. The quantitative estimate of drug-likeness (QED) is 0.596. The third kappa shape index (κ3) is 5.57. The number of anilines is 1. The van der Waals surface area contributed by atoms with Gasteiger partial charge in [0.1, 0.15) is 11.5 Å². The van der Waals surface area contributed by atoms with Gasteiger partial charge in [0.05, 0.1) is 19.9 Å². The molecule has 0 aromatic heterocycles. The van der Waals surface area contributed by atoms with Gasteiger partial charge in [-0.3, -0.25) is 0 Å². The molecule has 0 unspecified atom stereocenters. The first kappa shape index (κ1) is 15.9. The van der Waals surface area contributed by atoms with Crippen LogP contribution in [0.5, 0.6) is 11.5 Å². The Hall–Kier alpha value is -1.14. The standard InChI is InChI=1S/C13H20N2O2S2/c1-16-10-5-6-11(12(9-10)17-2)15-13(18)14-7-4-8-19-3/h5-6,9H,4,7-8H2,1-3H3,(H2,14,15,18). The van der Waals surface area contributed by atoms with E-state index < -0.39 is 0 Å². The number of hydrogen-bond donors (Lipinski definition) is 2. The fourth-order valence-electron chi connectivity index (χ4n) is 1.49. The smallest absolute Gasteiger partial charge is 0.170 e. The minimum Gasteiger partial charge on any atom is -0.497 e. The van der Waals surface area contributed by atoms with Crippen LogP contribution in [0.15, 0.2) is 18.2 Å². The molecule has 0 heterocycles. The average molecular weight is 300 g/mol. The van der Waals surface area contributed by atoms with E-state index in [4.69, 9.17) is 21.7 Å². The molecule has 4 nitrogen and oxygen atoms in total. The molecule has 106 valence electrons. The van der Waals surface area contributed by atoms with Crippen molar-refractivity contribution in [1.82, 2.24) is 5.32 Å². The maximum atomic E-state index is 5.30. The first-order chi connectivity index (χ1) is 9.21. The van der Waals surface area contributed by atoms with E-state index in [1.807, 2.05) is 30.0 Å². The topological polar surface area (TPSA) is 42.5 Å². The minimum absolute atomic E-state index is 0.601. The molecule has 2 N–H and O–H groups in total. The predicted molar refractivity (Wildman–Crippen MR) is 86.8 cm³/mol. The number of benzene rings is 1. The number of methoxy groups -OCH3 is 2. The van der Waals surface area contributed by atoms with Gasteiger partial charge in [0, 0.05) is 12.6 Å². The van der Waals surface area contributed by atoms with Crippen molar-refractivity contribution in [3.63, 3.8) is 0 Å². The van der Waals surface area contributed by atoms with Gasteiger partial charge >= 0.3 is 0 Å². The molecule has 19 heavy (non-hydrogen) atoms. The van der Waals surface area contributed by atoms with Crippen LogP contribution in [0.4, 0.5) is 5.69 Å². The summed E-state index contributed by atoms with van der Waals surface area (Å²) in [6.07, 6.45) is 3.18. The van der Waals surface area contributed by atoms with Gasteiger partial charge in [0.2, 0.25) is 0 Å². The number of ether oxygens (including phenoxy) is 2. The summed E-state index contributed by atoms with van der Waals surface area (Å²) in [6.45, 7) is 0.866. The number of thioether (sulfide) groups is 1. The predicted octanol–water partition coefficient (Wildman–Crippen LogP) is 2.74. The van der Waals surface area contributed by atoms with Gasteiger partial charge in [-0.1, -0.05) is 0 Å². The summed E-state index contributed by atoms with van der Waals surface area (Å²) in [5.74, 6) is 2.58. The van der Waals surface area contributed by atoms with E-state index >= 15 is 0 Å².